The van der Waals surface area contributed by atoms with Gasteiger partial charge in [-0.05, 0) is 30.1 Å². The molecule has 0 amide bonds. The summed E-state index contributed by atoms with van der Waals surface area (Å²) in [5.74, 6) is 2.06. The van der Waals surface area contributed by atoms with Crippen LogP contribution in [0.1, 0.15) is 72.6 Å². The van der Waals surface area contributed by atoms with Crippen LogP contribution in [0.15, 0.2) is 0 Å². The van der Waals surface area contributed by atoms with Gasteiger partial charge in [0.25, 0.3) is 0 Å². The summed E-state index contributed by atoms with van der Waals surface area (Å²) >= 11 is 0. The molecule has 0 N–H and O–H groups in total. The van der Waals surface area contributed by atoms with E-state index in [1.165, 1.54) is 44.9 Å². The fraction of sp³-hybridized carbons (Fsp3) is 1.00. The van der Waals surface area contributed by atoms with Crippen molar-refractivity contribution in [2.45, 2.75) is 72.6 Å². The number of hydrogen-bond donors (Lipinski definition) is 0. The van der Waals surface area contributed by atoms with Crippen molar-refractivity contribution < 1.29 is 0 Å². The van der Waals surface area contributed by atoms with E-state index in [1.807, 2.05) is 0 Å². The number of rotatable bonds is 4. The Balaban J connectivity index is 2.47. The van der Waals surface area contributed by atoms with Crippen molar-refractivity contribution in [2.75, 3.05) is 0 Å². The molecule has 0 atom stereocenters. The molecule has 0 saturated heterocycles. The van der Waals surface area contributed by atoms with Crippen LogP contribution in [-0.4, -0.2) is 0 Å². The lowest BCUT2D eigenvalue weighted by molar-refractivity contribution is 0.105. The molecule has 0 bridgehead atoms. The van der Waals surface area contributed by atoms with E-state index in [0.717, 1.165) is 11.8 Å². The van der Waals surface area contributed by atoms with Gasteiger partial charge in [-0.2, -0.15) is 0 Å². The molecule has 1 aliphatic rings. The maximum atomic E-state index is 2.50. The van der Waals surface area contributed by atoms with Gasteiger partial charge in [0, 0.05) is 0 Å². The lowest BCUT2D eigenvalue weighted by Crippen LogP contribution is -2.29. The second kappa shape index (κ2) is 5.19. The Morgan fingerprint density at radius 2 is 1.43 bits per heavy atom. The minimum Gasteiger partial charge on any atom is -0.0651 e. The van der Waals surface area contributed by atoms with Crippen molar-refractivity contribution in [2.24, 2.45) is 17.3 Å². The third-order valence-corrected chi connectivity index (χ3v) is 5.03. The Hall–Kier alpha value is 0. The van der Waals surface area contributed by atoms with Gasteiger partial charge in [-0.3, -0.25) is 0 Å². The van der Waals surface area contributed by atoms with Crippen molar-refractivity contribution in [3.8, 4) is 0 Å². The molecular weight excluding hydrogens is 168 g/mol. The van der Waals surface area contributed by atoms with Crippen LogP contribution in [0.4, 0.5) is 0 Å². The molecule has 1 aliphatic carbocycles. The molecule has 1 saturated carbocycles. The summed E-state index contributed by atoms with van der Waals surface area (Å²) in [7, 11) is 0. The zero-order chi connectivity index (χ0) is 10.6. The quantitative estimate of drug-likeness (QED) is 0.591. The smallest absolute Gasteiger partial charge is 0.0303 e. The van der Waals surface area contributed by atoms with E-state index in [2.05, 4.69) is 27.7 Å². The summed E-state index contributed by atoms with van der Waals surface area (Å²) in [5.41, 5.74) is 0.638. The molecule has 0 unspecified atom stereocenters. The molecule has 0 radical (unpaired) electrons. The molecule has 0 aliphatic heterocycles. The van der Waals surface area contributed by atoms with Gasteiger partial charge in [-0.1, -0.05) is 59.8 Å². The summed E-state index contributed by atoms with van der Waals surface area (Å²) in [6.45, 7) is 9.60. The minimum atomic E-state index is 0.638. The average Bonchev–Trinajstić information content (AvgIpc) is 2.28. The van der Waals surface area contributed by atoms with Gasteiger partial charge in [-0.25, -0.2) is 0 Å². The van der Waals surface area contributed by atoms with Gasteiger partial charge in [0.1, 0.15) is 0 Å². The van der Waals surface area contributed by atoms with Gasteiger partial charge in [0.15, 0.2) is 0 Å². The lowest BCUT2D eigenvalue weighted by atomic mass is 9.65. The van der Waals surface area contributed by atoms with E-state index in [1.54, 1.807) is 0 Å². The first kappa shape index (κ1) is 12.1. The first-order chi connectivity index (χ1) is 6.66. The SMILES string of the molecule is CCC1CCC(C(C)(CC)CC)CC1. The first-order valence-electron chi connectivity index (χ1n) is 6.66. The molecule has 1 fully saturated rings. The van der Waals surface area contributed by atoms with E-state index < -0.39 is 0 Å². The molecule has 0 nitrogen and oxygen atoms in total. The summed E-state index contributed by atoms with van der Waals surface area (Å²) < 4.78 is 0. The zero-order valence-electron chi connectivity index (χ0n) is 10.6. The summed E-state index contributed by atoms with van der Waals surface area (Å²) in [4.78, 5) is 0. The monoisotopic (exact) mass is 196 g/mol. The summed E-state index contributed by atoms with van der Waals surface area (Å²) in [6.07, 6.45) is 10.1. The van der Waals surface area contributed by atoms with Gasteiger partial charge < -0.3 is 0 Å². The molecule has 0 aromatic carbocycles. The second-order valence-electron chi connectivity index (χ2n) is 5.49. The molecule has 0 aromatic rings. The molecule has 0 aromatic heterocycles. The third-order valence-electron chi connectivity index (χ3n) is 5.03. The number of hydrogen-bond acceptors (Lipinski definition) is 0. The maximum Gasteiger partial charge on any atom is -0.0303 e. The average molecular weight is 196 g/mol. The highest BCUT2D eigenvalue weighted by molar-refractivity contribution is 4.84. The van der Waals surface area contributed by atoms with Gasteiger partial charge in [-0.15, -0.1) is 0 Å². The maximum absolute atomic E-state index is 2.50. The van der Waals surface area contributed by atoms with Crippen LogP contribution < -0.4 is 0 Å². The Labute approximate surface area is 90.5 Å². The van der Waals surface area contributed by atoms with Crippen LogP contribution >= 0.6 is 0 Å². The minimum absolute atomic E-state index is 0.638. The van der Waals surface area contributed by atoms with E-state index >= 15 is 0 Å². The van der Waals surface area contributed by atoms with Crippen molar-refractivity contribution in [1.82, 2.24) is 0 Å². The Morgan fingerprint density at radius 3 is 1.79 bits per heavy atom. The topological polar surface area (TPSA) is 0 Å². The summed E-state index contributed by atoms with van der Waals surface area (Å²) in [5, 5.41) is 0. The molecule has 0 heterocycles. The zero-order valence-corrected chi connectivity index (χ0v) is 10.6. The van der Waals surface area contributed by atoms with Crippen LogP contribution in [0.3, 0.4) is 0 Å². The Kier molecular flexibility index (Phi) is 4.47. The molecule has 0 spiro atoms. The Bertz CT molecular complexity index is 147. The highest BCUT2D eigenvalue weighted by Crippen LogP contribution is 2.44. The fourth-order valence-corrected chi connectivity index (χ4v) is 3.09. The Morgan fingerprint density at radius 1 is 0.929 bits per heavy atom. The second-order valence-corrected chi connectivity index (χ2v) is 5.49. The van der Waals surface area contributed by atoms with E-state index in [0.29, 0.717) is 5.41 Å². The third kappa shape index (κ3) is 2.52. The van der Waals surface area contributed by atoms with Crippen LogP contribution in [0.5, 0.6) is 0 Å². The van der Waals surface area contributed by atoms with Crippen LogP contribution in [0.25, 0.3) is 0 Å². The van der Waals surface area contributed by atoms with Crippen LogP contribution in [-0.2, 0) is 0 Å². The molecular formula is C14H28. The molecule has 1 rings (SSSR count). The highest BCUT2D eigenvalue weighted by Gasteiger charge is 2.33. The van der Waals surface area contributed by atoms with Crippen LogP contribution in [0.2, 0.25) is 0 Å². The summed E-state index contributed by atoms with van der Waals surface area (Å²) in [6, 6.07) is 0. The van der Waals surface area contributed by atoms with Crippen molar-refractivity contribution in [3.05, 3.63) is 0 Å². The van der Waals surface area contributed by atoms with E-state index in [-0.39, 0.29) is 0 Å². The standard InChI is InChI=1S/C14H28/c1-5-12-8-10-13(11-9-12)14(4,6-2)7-3/h12-13H,5-11H2,1-4H3. The largest absolute Gasteiger partial charge is 0.0651 e. The van der Waals surface area contributed by atoms with Crippen molar-refractivity contribution in [1.29, 1.82) is 0 Å². The predicted octanol–water partition coefficient (Wildman–Crippen LogP) is 5.03. The predicted molar refractivity (Wildman–Crippen MR) is 64.4 cm³/mol. The fourth-order valence-electron chi connectivity index (χ4n) is 3.09. The van der Waals surface area contributed by atoms with E-state index in [4.69, 9.17) is 0 Å². The lowest BCUT2D eigenvalue weighted by Gasteiger charge is -2.40. The highest BCUT2D eigenvalue weighted by atomic mass is 14.4. The van der Waals surface area contributed by atoms with Crippen molar-refractivity contribution in [3.63, 3.8) is 0 Å². The first-order valence-corrected chi connectivity index (χ1v) is 6.66. The normalized spacial score (nSPS) is 29.1. The van der Waals surface area contributed by atoms with Crippen molar-refractivity contribution >= 4 is 0 Å². The van der Waals surface area contributed by atoms with Gasteiger partial charge in [0.05, 0.1) is 0 Å². The van der Waals surface area contributed by atoms with Gasteiger partial charge in [0.2, 0.25) is 0 Å². The van der Waals surface area contributed by atoms with Crippen LogP contribution in [0, 0.1) is 17.3 Å². The molecule has 84 valence electrons. The molecule has 14 heavy (non-hydrogen) atoms. The van der Waals surface area contributed by atoms with Gasteiger partial charge >= 0.3 is 0 Å². The molecule has 0 heteroatoms. The van der Waals surface area contributed by atoms with E-state index in [9.17, 15) is 0 Å².